The molecule has 168 valence electrons. The maximum atomic E-state index is 13.7. The lowest BCUT2D eigenvalue weighted by molar-refractivity contribution is -0.114. The van der Waals surface area contributed by atoms with Crippen LogP contribution >= 0.6 is 6.89 Å². The fraction of sp³-hybridized carbons (Fsp3) is 0.0690. The van der Waals surface area contributed by atoms with Gasteiger partial charge >= 0.3 is 0 Å². The fourth-order valence-electron chi connectivity index (χ4n) is 4.00. The molecule has 4 aromatic rings. The number of ether oxygens (including phenoxy) is 2. The Hall–Kier alpha value is -4.06. The molecule has 0 N–H and O–H groups in total. The minimum atomic E-state index is -2.75. The predicted molar refractivity (Wildman–Crippen MR) is 139 cm³/mol. The van der Waals surface area contributed by atoms with E-state index in [-0.39, 0.29) is 17.7 Å². The van der Waals surface area contributed by atoms with Gasteiger partial charge in [-0.1, -0.05) is 91.0 Å². The van der Waals surface area contributed by atoms with E-state index in [0.29, 0.717) is 11.5 Å². The molecule has 34 heavy (non-hydrogen) atoms. The van der Waals surface area contributed by atoms with E-state index in [1.165, 1.54) is 0 Å². The lowest BCUT2D eigenvalue weighted by Crippen LogP contribution is -2.34. The summed E-state index contributed by atoms with van der Waals surface area (Å²) in [5.74, 6) is 0.905. The average molecular weight is 465 g/mol. The van der Waals surface area contributed by atoms with Gasteiger partial charge < -0.3 is 9.47 Å². The largest absolute Gasteiger partial charge is 0.497 e. The Balaban J connectivity index is 1.92. The van der Waals surface area contributed by atoms with Crippen molar-refractivity contribution < 1.29 is 14.3 Å². The van der Waals surface area contributed by atoms with Crippen LogP contribution in [0.25, 0.3) is 0 Å². The number of methoxy groups -OCH3 is 1. The topological polar surface area (TPSA) is 59.3 Å². The first-order chi connectivity index (χ1) is 16.7. The molecule has 0 amide bonds. The lowest BCUT2D eigenvalue weighted by atomic mass is 10.3. The molecule has 0 saturated heterocycles. The first-order valence-corrected chi connectivity index (χ1v) is 12.6. The van der Waals surface area contributed by atoms with Gasteiger partial charge in [0.05, 0.1) is 7.11 Å². The van der Waals surface area contributed by atoms with E-state index in [1.54, 1.807) is 31.4 Å². The van der Waals surface area contributed by atoms with Crippen molar-refractivity contribution in [1.29, 1.82) is 5.26 Å². The zero-order valence-corrected chi connectivity index (χ0v) is 19.7. The molecule has 0 atom stereocenters. The second-order valence-electron chi connectivity index (χ2n) is 7.53. The van der Waals surface area contributed by atoms with Gasteiger partial charge in [0.15, 0.2) is 6.61 Å². The second kappa shape index (κ2) is 10.7. The zero-order chi connectivity index (χ0) is 23.8. The molecule has 0 fully saturated rings. The van der Waals surface area contributed by atoms with Crippen LogP contribution in [-0.4, -0.2) is 24.8 Å². The number of nitrogens with zero attached hydrogens (tertiary/aromatic N) is 1. The molecule has 4 aromatic carbocycles. The molecule has 0 aliphatic carbocycles. The van der Waals surface area contributed by atoms with Gasteiger partial charge in [0, 0.05) is 0 Å². The molecule has 0 saturated carbocycles. The van der Waals surface area contributed by atoms with Gasteiger partial charge in [0.2, 0.25) is 5.78 Å². The third kappa shape index (κ3) is 4.53. The molecular weight excluding hydrogens is 441 g/mol. The van der Waals surface area contributed by atoms with Crippen LogP contribution in [0.1, 0.15) is 0 Å². The second-order valence-corrected chi connectivity index (χ2v) is 10.9. The van der Waals surface area contributed by atoms with Crippen molar-refractivity contribution in [1.82, 2.24) is 0 Å². The first kappa shape index (κ1) is 23.1. The molecule has 4 nitrogen and oxygen atoms in total. The summed E-state index contributed by atoms with van der Waals surface area (Å²) in [7, 11) is 1.59. The van der Waals surface area contributed by atoms with Gasteiger partial charge in [-0.25, -0.2) is 0 Å². The summed E-state index contributed by atoms with van der Waals surface area (Å²) in [6, 6.07) is 38.8. The number of benzene rings is 4. The van der Waals surface area contributed by atoms with Crippen molar-refractivity contribution in [2.45, 2.75) is 0 Å². The number of ketones is 1. The minimum absolute atomic E-state index is 0.213. The Kier molecular flexibility index (Phi) is 7.28. The van der Waals surface area contributed by atoms with Crippen LogP contribution in [0.15, 0.2) is 115 Å². The molecule has 0 heterocycles. The number of rotatable bonds is 8. The van der Waals surface area contributed by atoms with E-state index < -0.39 is 6.89 Å². The van der Waals surface area contributed by atoms with E-state index in [0.717, 1.165) is 15.9 Å². The Bertz CT molecular complexity index is 1240. The standard InChI is InChI=1S/C29H24NO3P/c1-32-23-17-19-24(20-18-23)33-22-28(31)29(21-30)34(25-11-5-2-6-12-25,26-13-7-3-8-14-26)27-15-9-4-10-16-27/h2-20H,22H2,1H3. The minimum Gasteiger partial charge on any atom is -0.497 e. The Labute approximate surface area is 200 Å². The maximum Gasteiger partial charge on any atom is 0.211 e. The molecule has 0 unspecified atom stereocenters. The molecule has 0 aromatic heterocycles. The van der Waals surface area contributed by atoms with Crippen molar-refractivity contribution in [3.8, 4) is 17.6 Å². The van der Waals surface area contributed by atoms with Gasteiger partial charge in [-0.2, -0.15) is 5.26 Å². The first-order valence-electron chi connectivity index (χ1n) is 10.8. The van der Waals surface area contributed by atoms with Crippen LogP contribution in [0, 0.1) is 11.3 Å². The number of hydrogen-bond donors (Lipinski definition) is 0. The summed E-state index contributed by atoms with van der Waals surface area (Å²) in [5.41, 5.74) is 0. The van der Waals surface area contributed by atoms with Crippen LogP contribution in [0.3, 0.4) is 0 Å². The number of Topliss-reactive ketones (excluding diaryl/α,β-unsaturated/α-hetero) is 1. The van der Waals surface area contributed by atoms with Gasteiger partial charge in [-0.3, -0.25) is 4.79 Å². The molecule has 0 bridgehead atoms. The van der Waals surface area contributed by atoms with Gasteiger partial charge in [0.25, 0.3) is 0 Å². The summed E-state index contributed by atoms with van der Waals surface area (Å²) in [6.45, 7) is -2.98. The van der Waals surface area contributed by atoms with E-state index in [4.69, 9.17) is 9.47 Å². The Morgan fingerprint density at radius 1 is 0.706 bits per heavy atom. The lowest BCUT2D eigenvalue weighted by Gasteiger charge is -2.30. The third-order valence-electron chi connectivity index (χ3n) is 5.57. The molecule has 0 aliphatic heterocycles. The van der Waals surface area contributed by atoms with Crippen LogP contribution in [0.2, 0.25) is 0 Å². The number of hydrogen-bond acceptors (Lipinski definition) is 4. The van der Waals surface area contributed by atoms with Crippen LogP contribution in [0.5, 0.6) is 11.5 Å². The zero-order valence-electron chi connectivity index (χ0n) is 18.8. The number of carbonyl (C=O) groups excluding carboxylic acids is 1. The van der Waals surface area contributed by atoms with E-state index in [1.807, 2.05) is 91.0 Å². The molecule has 0 spiro atoms. The normalized spacial score (nSPS) is 10.7. The Morgan fingerprint density at radius 3 is 1.50 bits per heavy atom. The van der Waals surface area contributed by atoms with E-state index in [9.17, 15) is 10.1 Å². The van der Waals surface area contributed by atoms with Gasteiger partial charge in [0.1, 0.15) is 22.9 Å². The SMILES string of the molecule is COc1ccc(OCC(=O)C(C#N)=P(c2ccccc2)(c2ccccc2)c2ccccc2)cc1. The highest BCUT2D eigenvalue weighted by Gasteiger charge is 2.33. The summed E-state index contributed by atoms with van der Waals surface area (Å²) >= 11 is 0. The summed E-state index contributed by atoms with van der Waals surface area (Å²) in [4.78, 5) is 13.7. The quantitative estimate of drug-likeness (QED) is 0.364. The maximum absolute atomic E-state index is 13.7. The molecule has 5 heteroatoms. The van der Waals surface area contributed by atoms with Gasteiger partial charge in [-0.15, -0.1) is 0 Å². The van der Waals surface area contributed by atoms with Crippen LogP contribution in [0.4, 0.5) is 0 Å². The summed E-state index contributed by atoms with van der Waals surface area (Å²) < 4.78 is 11.0. The van der Waals surface area contributed by atoms with Crippen molar-refractivity contribution in [2.75, 3.05) is 13.7 Å². The summed E-state index contributed by atoms with van der Waals surface area (Å²) in [5, 5.41) is 13.5. The molecule has 0 radical (unpaired) electrons. The van der Waals surface area contributed by atoms with Gasteiger partial charge in [-0.05, 0) is 47.1 Å². The highest BCUT2D eigenvalue weighted by atomic mass is 31.2. The van der Waals surface area contributed by atoms with Crippen LogP contribution in [-0.2, 0) is 4.79 Å². The smallest absolute Gasteiger partial charge is 0.211 e. The number of nitriles is 1. The predicted octanol–water partition coefficient (Wildman–Crippen LogP) is 4.33. The van der Waals surface area contributed by atoms with Crippen molar-refractivity contribution >= 4 is 33.9 Å². The average Bonchev–Trinajstić information content (AvgIpc) is 2.92. The number of carbonyl (C=O) groups is 1. The van der Waals surface area contributed by atoms with Crippen molar-refractivity contribution in [3.63, 3.8) is 0 Å². The van der Waals surface area contributed by atoms with Crippen LogP contribution < -0.4 is 25.4 Å². The van der Waals surface area contributed by atoms with E-state index >= 15 is 0 Å². The monoisotopic (exact) mass is 465 g/mol. The van der Waals surface area contributed by atoms with Crippen molar-refractivity contribution in [2.24, 2.45) is 0 Å². The van der Waals surface area contributed by atoms with Crippen molar-refractivity contribution in [3.05, 3.63) is 115 Å². The fourth-order valence-corrected chi connectivity index (χ4v) is 8.12. The Morgan fingerprint density at radius 2 is 1.12 bits per heavy atom. The highest BCUT2D eigenvalue weighted by molar-refractivity contribution is 7.96. The third-order valence-corrected chi connectivity index (χ3v) is 9.80. The molecular formula is C29H24NO3P. The highest BCUT2D eigenvalue weighted by Crippen LogP contribution is 2.46. The molecule has 4 rings (SSSR count). The molecule has 0 aliphatic rings. The van der Waals surface area contributed by atoms with E-state index in [2.05, 4.69) is 6.07 Å². The summed E-state index contributed by atoms with van der Waals surface area (Å²) in [6.07, 6.45) is 0.